The summed E-state index contributed by atoms with van der Waals surface area (Å²) in [6.45, 7) is 4.82. The Bertz CT molecular complexity index is 1760. The molecular formula is C84H154NO8+. The molecule has 9 heteroatoms. The lowest BCUT2D eigenvalue weighted by atomic mass is 10.0. The lowest BCUT2D eigenvalue weighted by Gasteiger charge is -2.25. The van der Waals surface area contributed by atoms with Gasteiger partial charge in [-0.25, -0.2) is 4.79 Å². The van der Waals surface area contributed by atoms with Gasteiger partial charge in [0.1, 0.15) is 13.2 Å². The van der Waals surface area contributed by atoms with Gasteiger partial charge in [0.15, 0.2) is 6.10 Å². The van der Waals surface area contributed by atoms with Gasteiger partial charge >= 0.3 is 17.9 Å². The first kappa shape index (κ1) is 89.7. The lowest BCUT2D eigenvalue weighted by Crippen LogP contribution is -2.40. The van der Waals surface area contributed by atoms with E-state index in [-0.39, 0.29) is 38.2 Å². The number of hydrogen-bond acceptors (Lipinski definition) is 7. The van der Waals surface area contributed by atoms with Crippen molar-refractivity contribution in [2.24, 2.45) is 0 Å². The minimum Gasteiger partial charge on any atom is -0.477 e. The summed E-state index contributed by atoms with van der Waals surface area (Å²) >= 11 is 0. The van der Waals surface area contributed by atoms with E-state index in [1.165, 1.54) is 289 Å². The number of esters is 2. The molecular weight excluding hydrogens is 1150 g/mol. The maximum atomic E-state index is 13.0. The topological polar surface area (TPSA) is 108 Å². The summed E-state index contributed by atoms with van der Waals surface area (Å²) < 4.78 is 23.1. The number of aliphatic carboxylic acids is 1. The summed E-state index contributed by atoms with van der Waals surface area (Å²) in [5.41, 5.74) is 0. The minimum absolute atomic E-state index is 0.178. The highest BCUT2D eigenvalue weighted by atomic mass is 16.7. The standard InChI is InChI=1S/C84H153NO8/c1-6-8-10-12-14-16-18-20-22-24-26-28-30-32-34-36-37-38-39-40-41-42-43-44-45-47-49-51-53-55-57-59-61-63-65-67-69-71-73-75-82(87)93-80(79-92-84(83(88)89)90-77-76-85(3,4)5)78-91-81(86)74-72-70-68-66-64-62-60-58-56-54-52-50-48-46-35-33-31-29-27-25-23-21-19-17-15-13-11-9-7-2/h8,10,14,16,19-22,25-28,80,84H,6-7,9,11-13,15,17-18,23-24,29-79H2,1-5H3/p+1/b10-8-,16-14-,21-19-,22-20-,27-25-,28-26-. The SMILES string of the molecule is CC/C=C\C/C=C\C/C=C\C/C=C\CCCCCCCCCCCCCCCCCCCCCCCCCCCCC(=O)OC(COC(=O)CCCCCCCCCCCCCCCCCCC/C=C\C/C=C\CCCCCCC)COC(OCC[N+](C)(C)C)C(=O)O. The number of nitrogens with zero attached hydrogens (tertiary/aromatic N) is 1. The third-order valence-corrected chi connectivity index (χ3v) is 17.9. The Balaban J connectivity index is 3.96. The van der Waals surface area contributed by atoms with Crippen LogP contribution in [0.25, 0.3) is 0 Å². The largest absolute Gasteiger partial charge is 0.477 e. The molecule has 0 heterocycles. The molecule has 93 heavy (non-hydrogen) atoms. The van der Waals surface area contributed by atoms with Crippen LogP contribution in [-0.4, -0.2) is 87.4 Å². The van der Waals surface area contributed by atoms with Crippen LogP contribution in [0.15, 0.2) is 72.9 Å². The fourth-order valence-electron chi connectivity index (χ4n) is 11.9. The van der Waals surface area contributed by atoms with Crippen LogP contribution in [0.2, 0.25) is 0 Å². The number of carboxylic acid groups (broad SMARTS) is 1. The highest BCUT2D eigenvalue weighted by Gasteiger charge is 2.25. The van der Waals surface area contributed by atoms with Crippen molar-refractivity contribution < 1.29 is 42.9 Å². The van der Waals surface area contributed by atoms with E-state index in [1.54, 1.807) is 0 Å². The average Bonchev–Trinajstić information content (AvgIpc) is 3.38. The monoisotopic (exact) mass is 1310 g/mol. The normalized spacial score (nSPS) is 13.0. The highest BCUT2D eigenvalue weighted by Crippen LogP contribution is 2.19. The predicted octanol–water partition coefficient (Wildman–Crippen LogP) is 25.6. The summed E-state index contributed by atoms with van der Waals surface area (Å²) in [5.74, 6) is -1.98. The summed E-state index contributed by atoms with van der Waals surface area (Å²) in [5, 5.41) is 9.77. The zero-order valence-corrected chi connectivity index (χ0v) is 62.2. The van der Waals surface area contributed by atoms with Gasteiger partial charge in [0.25, 0.3) is 6.29 Å². The van der Waals surface area contributed by atoms with Gasteiger partial charge in [-0.15, -0.1) is 0 Å². The predicted molar refractivity (Wildman–Crippen MR) is 401 cm³/mol. The molecule has 0 aromatic carbocycles. The van der Waals surface area contributed by atoms with E-state index < -0.39 is 18.4 Å². The fraction of sp³-hybridized carbons (Fsp3) is 0.821. The van der Waals surface area contributed by atoms with Gasteiger partial charge in [0, 0.05) is 12.8 Å². The maximum absolute atomic E-state index is 13.0. The number of hydrogen-bond donors (Lipinski definition) is 1. The second-order valence-corrected chi connectivity index (χ2v) is 28.3. The first-order valence-corrected chi connectivity index (χ1v) is 40.1. The van der Waals surface area contributed by atoms with Gasteiger partial charge in [0.2, 0.25) is 0 Å². The molecule has 0 bridgehead atoms. The van der Waals surface area contributed by atoms with Gasteiger partial charge in [-0.2, -0.15) is 0 Å². The molecule has 2 atom stereocenters. The molecule has 0 aromatic heterocycles. The molecule has 0 aromatic rings. The van der Waals surface area contributed by atoms with Crippen LogP contribution in [0.4, 0.5) is 0 Å². The average molecular weight is 1310 g/mol. The number of allylic oxidation sites excluding steroid dienone is 12. The lowest BCUT2D eigenvalue weighted by molar-refractivity contribution is -0.870. The number of carbonyl (C=O) groups excluding carboxylic acids is 2. The molecule has 0 aliphatic heterocycles. The van der Waals surface area contributed by atoms with E-state index >= 15 is 0 Å². The molecule has 0 fully saturated rings. The zero-order valence-electron chi connectivity index (χ0n) is 62.2. The van der Waals surface area contributed by atoms with Crippen LogP contribution in [0, 0.1) is 0 Å². The smallest absolute Gasteiger partial charge is 0.361 e. The van der Waals surface area contributed by atoms with Crippen LogP contribution in [0.5, 0.6) is 0 Å². The Kier molecular flexibility index (Phi) is 71.9. The van der Waals surface area contributed by atoms with E-state index in [4.69, 9.17) is 18.9 Å². The number of ether oxygens (including phenoxy) is 4. The van der Waals surface area contributed by atoms with E-state index in [1.807, 2.05) is 21.1 Å². The van der Waals surface area contributed by atoms with Crippen LogP contribution < -0.4 is 0 Å². The number of carboxylic acids is 1. The van der Waals surface area contributed by atoms with Crippen LogP contribution in [0.3, 0.4) is 0 Å². The second kappa shape index (κ2) is 74.5. The van der Waals surface area contributed by atoms with Gasteiger partial charge in [0.05, 0.1) is 34.4 Å². The van der Waals surface area contributed by atoms with Gasteiger partial charge in [-0.05, 0) is 83.5 Å². The summed E-state index contributed by atoms with van der Waals surface area (Å²) in [6.07, 6.45) is 97.8. The maximum Gasteiger partial charge on any atom is 0.361 e. The first-order valence-electron chi connectivity index (χ1n) is 40.1. The quantitative estimate of drug-likeness (QED) is 0.0211. The van der Waals surface area contributed by atoms with Crippen LogP contribution in [0.1, 0.15) is 386 Å². The van der Waals surface area contributed by atoms with E-state index in [9.17, 15) is 19.5 Å². The molecule has 0 aliphatic carbocycles. The molecule has 0 amide bonds. The van der Waals surface area contributed by atoms with Crippen molar-refractivity contribution in [1.29, 1.82) is 0 Å². The Labute approximate surface area is 577 Å². The number of quaternary nitrogens is 1. The molecule has 1 N–H and O–H groups in total. The Morgan fingerprint density at radius 3 is 0.914 bits per heavy atom. The van der Waals surface area contributed by atoms with Gasteiger partial charge < -0.3 is 28.5 Å². The van der Waals surface area contributed by atoms with Crippen molar-refractivity contribution in [3.05, 3.63) is 72.9 Å². The third kappa shape index (κ3) is 76.0. The Hall–Kier alpha value is -3.27. The molecule has 0 aliphatic rings. The number of rotatable bonds is 75. The van der Waals surface area contributed by atoms with Crippen molar-refractivity contribution in [3.63, 3.8) is 0 Å². The van der Waals surface area contributed by atoms with Crippen molar-refractivity contribution in [3.8, 4) is 0 Å². The van der Waals surface area contributed by atoms with Crippen molar-refractivity contribution >= 4 is 17.9 Å². The molecule has 9 nitrogen and oxygen atoms in total. The number of carbonyl (C=O) groups is 3. The molecule has 542 valence electrons. The molecule has 2 unspecified atom stereocenters. The summed E-state index contributed by atoms with van der Waals surface area (Å²) in [4.78, 5) is 37.7. The minimum atomic E-state index is -1.51. The third-order valence-electron chi connectivity index (χ3n) is 17.9. The molecule has 0 rings (SSSR count). The molecule has 0 saturated carbocycles. The van der Waals surface area contributed by atoms with E-state index in [0.29, 0.717) is 17.4 Å². The Morgan fingerprint density at radius 1 is 0.333 bits per heavy atom. The van der Waals surface area contributed by atoms with E-state index in [2.05, 4.69) is 86.8 Å². The fourth-order valence-corrected chi connectivity index (χ4v) is 11.9. The van der Waals surface area contributed by atoms with Crippen molar-refractivity contribution in [1.82, 2.24) is 0 Å². The van der Waals surface area contributed by atoms with Crippen molar-refractivity contribution in [2.75, 3.05) is 47.5 Å². The zero-order chi connectivity index (χ0) is 67.5. The van der Waals surface area contributed by atoms with Crippen LogP contribution in [-0.2, 0) is 33.3 Å². The molecule has 0 radical (unpaired) electrons. The Morgan fingerprint density at radius 2 is 0.613 bits per heavy atom. The molecule has 0 saturated heterocycles. The van der Waals surface area contributed by atoms with Gasteiger partial charge in [-0.3, -0.25) is 9.59 Å². The number of unbranched alkanes of at least 4 members (excludes halogenated alkanes) is 48. The molecule has 0 spiro atoms. The van der Waals surface area contributed by atoms with Gasteiger partial charge in [-0.1, -0.05) is 363 Å². The highest BCUT2D eigenvalue weighted by molar-refractivity contribution is 5.71. The second-order valence-electron chi connectivity index (χ2n) is 28.3. The van der Waals surface area contributed by atoms with Crippen molar-refractivity contribution in [2.45, 2.75) is 399 Å². The summed E-state index contributed by atoms with van der Waals surface area (Å²) in [7, 11) is 6.00. The number of likely N-dealkylation sites (N-methyl/N-ethyl adjacent to an activating group) is 1. The first-order chi connectivity index (χ1) is 45.6. The van der Waals surface area contributed by atoms with Crippen LogP contribution >= 0.6 is 0 Å². The van der Waals surface area contributed by atoms with E-state index in [0.717, 1.165) is 70.6 Å². The summed E-state index contributed by atoms with van der Waals surface area (Å²) in [6, 6.07) is 0.